The number of benzene rings is 2. The highest BCUT2D eigenvalue weighted by Crippen LogP contribution is 2.40. The van der Waals surface area contributed by atoms with Crippen molar-refractivity contribution in [3.05, 3.63) is 64.0 Å². The number of esters is 1. The van der Waals surface area contributed by atoms with Crippen molar-refractivity contribution in [3.8, 4) is 17.0 Å². The number of methoxy groups -OCH3 is 2. The van der Waals surface area contributed by atoms with E-state index in [0.29, 0.717) is 5.56 Å². The Morgan fingerprint density at radius 1 is 1.15 bits per heavy atom. The summed E-state index contributed by atoms with van der Waals surface area (Å²) in [6.45, 7) is 0. The summed E-state index contributed by atoms with van der Waals surface area (Å²) >= 11 is 1.62. The number of hydrogen-bond acceptors (Lipinski definition) is 6. The van der Waals surface area contributed by atoms with Crippen LogP contribution in [0.5, 0.6) is 5.75 Å². The molecule has 3 aromatic rings. The van der Waals surface area contributed by atoms with Crippen LogP contribution in [0.2, 0.25) is 0 Å². The lowest BCUT2D eigenvalue weighted by Crippen LogP contribution is -2.02. The van der Waals surface area contributed by atoms with Crippen molar-refractivity contribution in [1.29, 1.82) is 0 Å². The molecule has 1 heterocycles. The lowest BCUT2D eigenvalue weighted by molar-refractivity contribution is 0.0600. The van der Waals surface area contributed by atoms with Crippen molar-refractivity contribution >= 4 is 28.7 Å². The van der Waals surface area contributed by atoms with Gasteiger partial charge in [0.25, 0.3) is 0 Å². The van der Waals surface area contributed by atoms with Crippen molar-refractivity contribution in [2.45, 2.75) is 12.8 Å². The summed E-state index contributed by atoms with van der Waals surface area (Å²) in [7, 11) is 3.05. The molecule has 1 aliphatic carbocycles. The zero-order chi connectivity index (χ0) is 18.8. The number of aryl methyl sites for hydroxylation is 2. The Kier molecular flexibility index (Phi) is 4.73. The van der Waals surface area contributed by atoms with Crippen LogP contribution in [-0.4, -0.2) is 31.4 Å². The number of fused-ring (bicyclic) bond motifs is 3. The third-order valence-corrected chi connectivity index (χ3v) is 5.56. The molecule has 0 radical (unpaired) electrons. The molecule has 136 valence electrons. The van der Waals surface area contributed by atoms with Gasteiger partial charge in [0.15, 0.2) is 0 Å². The average molecular weight is 378 g/mol. The van der Waals surface area contributed by atoms with Gasteiger partial charge in [0.05, 0.1) is 25.5 Å². The predicted molar refractivity (Wildman–Crippen MR) is 107 cm³/mol. The highest BCUT2D eigenvalue weighted by Gasteiger charge is 2.21. The number of carbonyl (C=O) groups is 1. The molecule has 0 aliphatic heterocycles. The Balaban J connectivity index is 1.59. The summed E-state index contributed by atoms with van der Waals surface area (Å²) in [5, 5.41) is 0.729. The smallest absolute Gasteiger partial charge is 0.337 e. The number of aromatic nitrogens is 1. The van der Waals surface area contributed by atoms with Crippen LogP contribution >= 0.6 is 11.3 Å². The Morgan fingerprint density at radius 2 is 1.96 bits per heavy atom. The van der Waals surface area contributed by atoms with E-state index in [2.05, 4.69) is 11.1 Å². The van der Waals surface area contributed by atoms with Crippen LogP contribution in [0, 0.1) is 0 Å². The summed E-state index contributed by atoms with van der Waals surface area (Å²) in [5.41, 5.74) is 4.86. The van der Waals surface area contributed by atoms with Gasteiger partial charge in [-0.3, -0.25) is 0 Å². The number of thiazole rings is 1. The van der Waals surface area contributed by atoms with E-state index < -0.39 is 0 Å². The molecule has 1 aliphatic rings. The molecular weight excluding hydrogens is 360 g/mol. The van der Waals surface area contributed by atoms with E-state index >= 15 is 0 Å². The molecule has 0 N–H and O–H groups in total. The standard InChI is InChI=1S/C21H18N2O3S/c1-25-16-9-7-14-8-10-18-19(17(14)11-16)23-21(27-18)22-12-13-3-5-15(6-4-13)20(24)26-2/h3-7,9,11-12H,8,10H2,1-2H3. The number of aliphatic imine (C=N–C) groups is 1. The van der Waals surface area contributed by atoms with Crippen LogP contribution in [-0.2, 0) is 17.6 Å². The summed E-state index contributed by atoms with van der Waals surface area (Å²) < 4.78 is 10.1. The molecule has 0 unspecified atom stereocenters. The van der Waals surface area contributed by atoms with E-state index in [4.69, 9.17) is 14.5 Å². The summed E-state index contributed by atoms with van der Waals surface area (Å²) in [5.74, 6) is 0.491. The molecule has 4 rings (SSSR count). The third-order valence-electron chi connectivity index (χ3n) is 4.54. The molecule has 0 atom stereocenters. The zero-order valence-corrected chi connectivity index (χ0v) is 15.9. The van der Waals surface area contributed by atoms with Gasteiger partial charge in [-0.05, 0) is 48.2 Å². The van der Waals surface area contributed by atoms with E-state index in [1.54, 1.807) is 36.8 Å². The lowest BCUT2D eigenvalue weighted by atomic mass is 9.93. The van der Waals surface area contributed by atoms with Gasteiger partial charge < -0.3 is 9.47 Å². The number of hydrogen-bond donors (Lipinski definition) is 0. The predicted octanol–water partition coefficient (Wildman–Crippen LogP) is 4.45. The first-order chi connectivity index (χ1) is 13.2. The van der Waals surface area contributed by atoms with Crippen molar-refractivity contribution in [1.82, 2.24) is 4.98 Å². The Morgan fingerprint density at radius 3 is 2.70 bits per heavy atom. The molecule has 5 nitrogen and oxygen atoms in total. The van der Waals surface area contributed by atoms with E-state index in [1.807, 2.05) is 24.3 Å². The average Bonchev–Trinajstić information content (AvgIpc) is 3.15. The Labute approximate surface area is 161 Å². The largest absolute Gasteiger partial charge is 0.497 e. The molecule has 6 heteroatoms. The van der Waals surface area contributed by atoms with Crippen molar-refractivity contribution in [2.75, 3.05) is 14.2 Å². The summed E-state index contributed by atoms with van der Waals surface area (Å²) in [6, 6.07) is 13.3. The first kappa shape index (κ1) is 17.4. The van der Waals surface area contributed by atoms with Crippen LogP contribution in [0.25, 0.3) is 11.3 Å². The molecule has 0 amide bonds. The van der Waals surface area contributed by atoms with Gasteiger partial charge in [0, 0.05) is 16.7 Å². The van der Waals surface area contributed by atoms with Gasteiger partial charge in [-0.15, -0.1) is 0 Å². The van der Waals surface area contributed by atoms with E-state index in [-0.39, 0.29) is 5.97 Å². The molecule has 0 saturated carbocycles. The van der Waals surface area contributed by atoms with Gasteiger partial charge >= 0.3 is 5.97 Å². The van der Waals surface area contributed by atoms with Crippen LogP contribution in [0.1, 0.15) is 26.4 Å². The van der Waals surface area contributed by atoms with Gasteiger partial charge in [-0.25, -0.2) is 14.8 Å². The maximum Gasteiger partial charge on any atom is 0.337 e. The minimum Gasteiger partial charge on any atom is -0.497 e. The lowest BCUT2D eigenvalue weighted by Gasteiger charge is -2.15. The normalized spacial score (nSPS) is 12.5. The molecule has 0 bridgehead atoms. The third kappa shape index (κ3) is 3.48. The number of nitrogens with zero attached hydrogens (tertiary/aromatic N) is 2. The van der Waals surface area contributed by atoms with Gasteiger partial charge in [-0.1, -0.05) is 29.5 Å². The SMILES string of the molecule is COC(=O)c1ccc(C=Nc2nc3c(s2)CCc2ccc(OC)cc2-3)cc1. The van der Waals surface area contributed by atoms with Crippen LogP contribution in [0.15, 0.2) is 47.5 Å². The Bertz CT molecular complexity index is 1020. The molecule has 1 aromatic heterocycles. The second-order valence-electron chi connectivity index (χ2n) is 6.16. The second kappa shape index (κ2) is 7.32. The van der Waals surface area contributed by atoms with Gasteiger partial charge in [0.1, 0.15) is 5.75 Å². The highest BCUT2D eigenvalue weighted by atomic mass is 32.1. The van der Waals surface area contributed by atoms with Crippen molar-refractivity contribution in [2.24, 2.45) is 4.99 Å². The molecule has 0 fully saturated rings. The zero-order valence-electron chi connectivity index (χ0n) is 15.1. The second-order valence-corrected chi connectivity index (χ2v) is 7.23. The van der Waals surface area contributed by atoms with E-state index in [1.165, 1.54) is 17.6 Å². The first-order valence-corrected chi connectivity index (χ1v) is 9.39. The van der Waals surface area contributed by atoms with Crippen molar-refractivity contribution in [3.63, 3.8) is 0 Å². The molecule has 0 spiro atoms. The fraction of sp³-hybridized carbons (Fsp3) is 0.190. The monoisotopic (exact) mass is 378 g/mol. The maximum absolute atomic E-state index is 11.5. The molecule has 2 aromatic carbocycles. The first-order valence-electron chi connectivity index (χ1n) is 8.57. The quantitative estimate of drug-likeness (QED) is 0.497. The molecular formula is C21H18N2O3S. The summed E-state index contributed by atoms with van der Waals surface area (Å²) in [6.07, 6.45) is 3.75. The number of rotatable bonds is 4. The molecule has 0 saturated heterocycles. The van der Waals surface area contributed by atoms with Crippen LogP contribution < -0.4 is 4.74 Å². The fourth-order valence-electron chi connectivity index (χ4n) is 3.10. The topological polar surface area (TPSA) is 60.8 Å². The highest BCUT2D eigenvalue weighted by molar-refractivity contribution is 7.15. The number of ether oxygens (including phenoxy) is 2. The van der Waals surface area contributed by atoms with Gasteiger partial charge in [-0.2, -0.15) is 0 Å². The van der Waals surface area contributed by atoms with Crippen LogP contribution in [0.4, 0.5) is 5.13 Å². The van der Waals surface area contributed by atoms with Gasteiger partial charge in [0.2, 0.25) is 5.13 Å². The number of carbonyl (C=O) groups excluding carboxylic acids is 1. The minimum atomic E-state index is -0.347. The maximum atomic E-state index is 11.5. The summed E-state index contributed by atoms with van der Waals surface area (Å²) in [4.78, 5) is 22.0. The van der Waals surface area contributed by atoms with Crippen LogP contribution in [0.3, 0.4) is 0 Å². The fourth-order valence-corrected chi connectivity index (χ4v) is 4.02. The van der Waals surface area contributed by atoms with E-state index in [0.717, 1.165) is 40.5 Å². The molecule has 27 heavy (non-hydrogen) atoms. The van der Waals surface area contributed by atoms with Crippen molar-refractivity contribution < 1.29 is 14.3 Å². The Hall–Kier alpha value is -2.99. The van der Waals surface area contributed by atoms with E-state index in [9.17, 15) is 4.79 Å². The minimum absolute atomic E-state index is 0.347.